The van der Waals surface area contributed by atoms with Crippen LogP contribution in [0.4, 0.5) is 13.2 Å². The minimum atomic E-state index is -4.11. The molecule has 3 rings (SSSR count). The molecule has 2 fully saturated rings. The molecule has 0 N–H and O–H groups in total. The van der Waals surface area contributed by atoms with Gasteiger partial charge in [-0.15, -0.1) is 0 Å². The van der Waals surface area contributed by atoms with Gasteiger partial charge < -0.3 is 4.84 Å². The second-order valence-electron chi connectivity index (χ2n) is 6.63. The van der Waals surface area contributed by atoms with E-state index in [0.29, 0.717) is 0 Å². The highest BCUT2D eigenvalue weighted by Crippen LogP contribution is 2.50. The van der Waals surface area contributed by atoms with Crippen molar-refractivity contribution >= 4 is 5.71 Å². The number of aryl methyl sites for hydroxylation is 1. The normalized spacial score (nSPS) is 26.3. The first-order valence-corrected chi connectivity index (χ1v) is 8.21. The van der Waals surface area contributed by atoms with Crippen molar-refractivity contribution in [3.05, 3.63) is 18.0 Å². The molecule has 2 atom stereocenters. The van der Waals surface area contributed by atoms with Crippen LogP contribution in [0.2, 0.25) is 0 Å². The van der Waals surface area contributed by atoms with Gasteiger partial charge in [0.15, 0.2) is 0 Å². The first kappa shape index (κ1) is 16.3. The summed E-state index contributed by atoms with van der Waals surface area (Å²) in [6.45, 7) is 0.0350. The molecule has 0 amide bonds. The Balaban J connectivity index is 1.63. The second kappa shape index (κ2) is 6.53. The van der Waals surface area contributed by atoms with Crippen LogP contribution in [-0.4, -0.2) is 28.3 Å². The van der Waals surface area contributed by atoms with Crippen LogP contribution in [0.1, 0.15) is 44.2 Å². The van der Waals surface area contributed by atoms with E-state index in [2.05, 4.69) is 10.3 Å². The third-order valence-electron chi connectivity index (χ3n) is 4.76. The van der Waals surface area contributed by atoms with Crippen molar-refractivity contribution < 1.29 is 18.0 Å². The lowest BCUT2D eigenvalue weighted by atomic mass is 9.85. The SMILES string of the molecule is Cn1ccc(/C(=N\OCC2CC2C(F)(F)F)C2CCCCC2)n1. The van der Waals surface area contributed by atoms with Crippen LogP contribution < -0.4 is 0 Å². The standard InChI is InChI=1S/C16H22F3N3O/c1-22-8-7-14(20-22)15(11-5-3-2-4-6-11)21-23-10-12-9-13(12)16(17,18)19/h7-8,11-13H,2-6,9-10H2,1H3/b21-15-. The molecule has 0 aliphatic heterocycles. The average molecular weight is 329 g/mol. The summed E-state index contributed by atoms with van der Waals surface area (Å²) in [5.41, 5.74) is 1.55. The molecule has 0 saturated heterocycles. The van der Waals surface area contributed by atoms with E-state index in [1.165, 1.54) is 6.42 Å². The average Bonchev–Trinajstić information content (AvgIpc) is 3.19. The number of hydrogen-bond donors (Lipinski definition) is 0. The van der Waals surface area contributed by atoms with Crippen molar-refractivity contribution in [3.8, 4) is 0 Å². The van der Waals surface area contributed by atoms with Gasteiger partial charge >= 0.3 is 6.18 Å². The first-order valence-electron chi connectivity index (χ1n) is 8.21. The molecule has 0 bridgehead atoms. The highest BCUT2D eigenvalue weighted by Gasteiger charge is 2.56. The molecule has 2 saturated carbocycles. The monoisotopic (exact) mass is 329 g/mol. The lowest BCUT2D eigenvalue weighted by Crippen LogP contribution is -2.20. The fourth-order valence-corrected chi connectivity index (χ4v) is 3.29. The minimum Gasteiger partial charge on any atom is -0.395 e. The molecular formula is C16H22F3N3O. The fraction of sp³-hybridized carbons (Fsp3) is 0.750. The van der Waals surface area contributed by atoms with Crippen molar-refractivity contribution in [2.75, 3.05) is 6.61 Å². The second-order valence-corrected chi connectivity index (χ2v) is 6.63. The summed E-state index contributed by atoms with van der Waals surface area (Å²) in [5, 5.41) is 8.58. The molecular weight excluding hydrogens is 307 g/mol. The van der Waals surface area contributed by atoms with E-state index in [9.17, 15) is 13.2 Å². The van der Waals surface area contributed by atoms with Gasteiger partial charge in [0, 0.05) is 25.1 Å². The van der Waals surface area contributed by atoms with E-state index in [1.807, 2.05) is 19.3 Å². The summed E-state index contributed by atoms with van der Waals surface area (Å²) in [6, 6.07) is 1.88. The van der Waals surface area contributed by atoms with E-state index in [-0.39, 0.29) is 18.9 Å². The maximum Gasteiger partial charge on any atom is 0.392 e. The molecule has 2 aliphatic rings. The minimum absolute atomic E-state index is 0.0350. The van der Waals surface area contributed by atoms with Gasteiger partial charge in [0.1, 0.15) is 18.0 Å². The maximum absolute atomic E-state index is 12.5. The summed E-state index contributed by atoms with van der Waals surface area (Å²) >= 11 is 0. The predicted molar refractivity (Wildman–Crippen MR) is 79.9 cm³/mol. The van der Waals surface area contributed by atoms with E-state index >= 15 is 0 Å². The molecule has 7 heteroatoms. The highest BCUT2D eigenvalue weighted by atomic mass is 19.4. The van der Waals surface area contributed by atoms with Gasteiger partial charge in [0.05, 0.1) is 5.92 Å². The Labute approximate surface area is 133 Å². The maximum atomic E-state index is 12.5. The number of halogens is 3. The summed E-state index contributed by atoms with van der Waals surface area (Å²) in [7, 11) is 1.83. The number of aromatic nitrogens is 2. The van der Waals surface area contributed by atoms with Gasteiger partial charge in [0.2, 0.25) is 0 Å². The lowest BCUT2D eigenvalue weighted by molar-refractivity contribution is -0.152. The third-order valence-corrected chi connectivity index (χ3v) is 4.76. The van der Waals surface area contributed by atoms with Gasteiger partial charge in [-0.2, -0.15) is 18.3 Å². The van der Waals surface area contributed by atoms with E-state index < -0.39 is 18.0 Å². The van der Waals surface area contributed by atoms with Crippen LogP contribution in [0, 0.1) is 17.8 Å². The van der Waals surface area contributed by atoms with E-state index in [0.717, 1.165) is 37.1 Å². The van der Waals surface area contributed by atoms with E-state index in [4.69, 9.17) is 4.84 Å². The van der Waals surface area contributed by atoms with Crippen molar-refractivity contribution in [2.24, 2.45) is 30.0 Å². The molecule has 0 spiro atoms. The highest BCUT2D eigenvalue weighted by molar-refractivity contribution is 6.00. The first-order chi connectivity index (χ1) is 10.9. The number of hydrogen-bond acceptors (Lipinski definition) is 3. The quantitative estimate of drug-likeness (QED) is 0.607. The smallest absolute Gasteiger partial charge is 0.392 e. The Bertz CT molecular complexity index is 561. The van der Waals surface area contributed by atoms with Crippen molar-refractivity contribution in [1.29, 1.82) is 0 Å². The Morgan fingerprint density at radius 2 is 2.09 bits per heavy atom. The van der Waals surface area contributed by atoms with Crippen LogP contribution in [0.25, 0.3) is 0 Å². The molecule has 2 aliphatic carbocycles. The number of rotatable bonds is 5. The van der Waals surface area contributed by atoms with Crippen LogP contribution in [0.15, 0.2) is 17.4 Å². The fourth-order valence-electron chi connectivity index (χ4n) is 3.29. The van der Waals surface area contributed by atoms with E-state index in [1.54, 1.807) is 4.68 Å². The zero-order valence-corrected chi connectivity index (χ0v) is 13.2. The number of nitrogens with zero attached hydrogens (tertiary/aromatic N) is 3. The Morgan fingerprint density at radius 3 is 2.65 bits per heavy atom. The van der Waals surface area contributed by atoms with Crippen LogP contribution in [0.3, 0.4) is 0 Å². The number of oxime groups is 1. The Hall–Kier alpha value is -1.53. The molecule has 1 aromatic heterocycles. The van der Waals surface area contributed by atoms with Crippen LogP contribution >= 0.6 is 0 Å². The van der Waals surface area contributed by atoms with Crippen LogP contribution in [0.5, 0.6) is 0 Å². The third kappa shape index (κ3) is 4.06. The van der Waals surface area contributed by atoms with Gasteiger partial charge in [-0.1, -0.05) is 24.4 Å². The number of alkyl halides is 3. The zero-order chi connectivity index (χ0) is 16.4. The Morgan fingerprint density at radius 1 is 1.35 bits per heavy atom. The largest absolute Gasteiger partial charge is 0.395 e. The van der Waals surface area contributed by atoms with Gasteiger partial charge in [-0.05, 0) is 25.3 Å². The van der Waals surface area contributed by atoms with Crippen molar-refractivity contribution in [2.45, 2.75) is 44.7 Å². The Kier molecular flexibility index (Phi) is 4.64. The summed E-state index contributed by atoms with van der Waals surface area (Å²) in [5.74, 6) is -1.38. The molecule has 4 nitrogen and oxygen atoms in total. The van der Waals surface area contributed by atoms with Gasteiger partial charge in [0.25, 0.3) is 0 Å². The topological polar surface area (TPSA) is 39.4 Å². The molecule has 23 heavy (non-hydrogen) atoms. The van der Waals surface area contributed by atoms with Crippen LogP contribution in [-0.2, 0) is 11.9 Å². The zero-order valence-electron chi connectivity index (χ0n) is 13.2. The van der Waals surface area contributed by atoms with Gasteiger partial charge in [-0.3, -0.25) is 4.68 Å². The lowest BCUT2D eigenvalue weighted by Gasteiger charge is -2.22. The molecule has 2 unspecified atom stereocenters. The molecule has 0 radical (unpaired) electrons. The summed E-state index contributed by atoms with van der Waals surface area (Å²) in [6.07, 6.45) is 3.48. The summed E-state index contributed by atoms with van der Waals surface area (Å²) in [4.78, 5) is 5.30. The summed E-state index contributed by atoms with van der Waals surface area (Å²) < 4.78 is 39.3. The molecule has 1 aromatic rings. The van der Waals surface area contributed by atoms with Crippen molar-refractivity contribution in [3.63, 3.8) is 0 Å². The van der Waals surface area contributed by atoms with Gasteiger partial charge in [-0.25, -0.2) is 0 Å². The molecule has 128 valence electrons. The molecule has 0 aromatic carbocycles. The predicted octanol–water partition coefficient (Wildman–Crippen LogP) is 3.92. The molecule has 1 heterocycles. The van der Waals surface area contributed by atoms with Crippen molar-refractivity contribution in [1.82, 2.24) is 9.78 Å².